The fourth-order valence-corrected chi connectivity index (χ4v) is 2.10. The number of anilines is 2. The minimum atomic E-state index is -4.60. The van der Waals surface area contributed by atoms with Crippen molar-refractivity contribution in [1.82, 2.24) is 9.97 Å². The van der Waals surface area contributed by atoms with E-state index in [-0.39, 0.29) is 5.82 Å². The molecule has 2 rings (SSSR count). The number of hydrogen-bond acceptors (Lipinski definition) is 4. The Hall–Kier alpha value is -1.54. The van der Waals surface area contributed by atoms with E-state index < -0.39 is 17.2 Å². The molecule has 0 atom stereocenters. The monoisotopic (exact) mass is 381 g/mol. The maximum atomic E-state index is 12.7. The van der Waals surface area contributed by atoms with E-state index in [4.69, 9.17) is 16.3 Å². The summed E-state index contributed by atoms with van der Waals surface area (Å²) in [5.74, 6) is 0.461. The highest BCUT2D eigenvalue weighted by Crippen LogP contribution is 2.32. The first-order valence-corrected chi connectivity index (χ1v) is 6.69. The molecule has 1 aromatic carbocycles. The molecule has 0 aliphatic rings. The van der Waals surface area contributed by atoms with E-state index in [1.165, 1.54) is 7.11 Å². The largest absolute Gasteiger partial charge is 0.495 e. The van der Waals surface area contributed by atoms with Gasteiger partial charge in [0.2, 0.25) is 5.28 Å². The molecule has 0 aliphatic heterocycles. The van der Waals surface area contributed by atoms with Crippen molar-refractivity contribution in [3.8, 4) is 5.75 Å². The highest BCUT2D eigenvalue weighted by atomic mass is 79.9. The van der Waals surface area contributed by atoms with Gasteiger partial charge >= 0.3 is 6.18 Å². The highest BCUT2D eigenvalue weighted by molar-refractivity contribution is 9.10. The standard InChI is InChI=1S/C12H8BrClF3N3O/c1-21-8-4-6(2-3-7(8)13)18-10-5-9(12(15,16)17)19-11(14)20-10/h2-5H,1H3,(H,18,19,20). The minimum Gasteiger partial charge on any atom is -0.495 e. The molecule has 0 saturated carbocycles. The molecule has 4 nitrogen and oxygen atoms in total. The molecule has 1 N–H and O–H groups in total. The van der Waals surface area contributed by atoms with Crippen molar-refractivity contribution in [2.24, 2.45) is 0 Å². The van der Waals surface area contributed by atoms with E-state index >= 15 is 0 Å². The normalized spacial score (nSPS) is 11.3. The van der Waals surface area contributed by atoms with E-state index in [0.29, 0.717) is 15.9 Å². The van der Waals surface area contributed by atoms with E-state index in [1.807, 2.05) is 0 Å². The quantitative estimate of drug-likeness (QED) is 0.784. The lowest BCUT2D eigenvalue weighted by Crippen LogP contribution is -2.10. The van der Waals surface area contributed by atoms with Gasteiger partial charge in [0, 0.05) is 17.8 Å². The van der Waals surface area contributed by atoms with Crippen molar-refractivity contribution in [3.63, 3.8) is 0 Å². The van der Waals surface area contributed by atoms with Crippen LogP contribution in [-0.4, -0.2) is 17.1 Å². The van der Waals surface area contributed by atoms with Gasteiger partial charge in [-0.2, -0.15) is 13.2 Å². The van der Waals surface area contributed by atoms with Gasteiger partial charge in [-0.1, -0.05) is 0 Å². The van der Waals surface area contributed by atoms with E-state index in [9.17, 15) is 13.2 Å². The smallest absolute Gasteiger partial charge is 0.433 e. The third-order valence-corrected chi connectivity index (χ3v) is 3.24. The van der Waals surface area contributed by atoms with Crippen LogP contribution in [0, 0.1) is 0 Å². The fourth-order valence-electron chi connectivity index (χ4n) is 1.51. The van der Waals surface area contributed by atoms with E-state index in [1.54, 1.807) is 18.2 Å². The van der Waals surface area contributed by atoms with Crippen molar-refractivity contribution in [1.29, 1.82) is 0 Å². The Labute approximate surface area is 131 Å². The van der Waals surface area contributed by atoms with Crippen LogP contribution in [0.15, 0.2) is 28.7 Å². The third kappa shape index (κ3) is 3.98. The predicted octanol–water partition coefficient (Wildman–Crippen LogP) is 4.66. The molecule has 0 aliphatic carbocycles. The SMILES string of the molecule is COc1cc(Nc2cc(C(F)(F)F)nc(Cl)n2)ccc1Br. The van der Waals surface area contributed by atoms with Gasteiger partial charge in [-0.05, 0) is 39.7 Å². The number of methoxy groups -OCH3 is 1. The Morgan fingerprint density at radius 3 is 2.57 bits per heavy atom. The molecule has 9 heteroatoms. The molecule has 0 bridgehead atoms. The van der Waals surface area contributed by atoms with Crippen LogP contribution < -0.4 is 10.1 Å². The zero-order valence-corrected chi connectivity index (χ0v) is 12.8. The van der Waals surface area contributed by atoms with Crippen molar-refractivity contribution in [3.05, 3.63) is 39.7 Å². The second-order valence-electron chi connectivity index (χ2n) is 3.88. The van der Waals surface area contributed by atoms with Gasteiger partial charge in [0.15, 0.2) is 5.69 Å². The summed E-state index contributed by atoms with van der Waals surface area (Å²) in [7, 11) is 1.48. The summed E-state index contributed by atoms with van der Waals surface area (Å²) in [6.45, 7) is 0. The van der Waals surface area contributed by atoms with E-state index in [0.717, 1.165) is 6.07 Å². The average molecular weight is 383 g/mol. The molecule has 0 fully saturated rings. The Bertz CT molecular complexity index is 667. The number of hydrogen-bond donors (Lipinski definition) is 1. The van der Waals surface area contributed by atoms with Gasteiger partial charge in [-0.25, -0.2) is 9.97 Å². The number of rotatable bonds is 3. The first kappa shape index (κ1) is 15.8. The van der Waals surface area contributed by atoms with Crippen LogP contribution in [0.1, 0.15) is 5.69 Å². The molecule has 0 amide bonds. The third-order valence-electron chi connectivity index (χ3n) is 2.41. The van der Waals surface area contributed by atoms with E-state index in [2.05, 4.69) is 31.2 Å². The second kappa shape index (κ2) is 6.07. The maximum Gasteiger partial charge on any atom is 0.433 e. The molecule has 21 heavy (non-hydrogen) atoms. The number of nitrogens with one attached hydrogen (secondary N) is 1. The van der Waals surface area contributed by atoms with Crippen molar-refractivity contribution in [2.75, 3.05) is 12.4 Å². The van der Waals surface area contributed by atoms with Crippen molar-refractivity contribution >= 4 is 39.0 Å². The summed E-state index contributed by atoms with van der Waals surface area (Å²) in [5, 5.41) is 2.23. The lowest BCUT2D eigenvalue weighted by molar-refractivity contribution is -0.141. The molecule has 0 radical (unpaired) electrons. The Balaban J connectivity index is 2.33. The number of ether oxygens (including phenoxy) is 1. The van der Waals surface area contributed by atoms with Gasteiger partial charge in [-0.3, -0.25) is 0 Å². The first-order valence-electron chi connectivity index (χ1n) is 5.52. The summed E-state index contributed by atoms with van der Waals surface area (Å²) < 4.78 is 43.8. The molecule has 0 unspecified atom stereocenters. The molecule has 0 saturated heterocycles. The molecule has 1 heterocycles. The lowest BCUT2D eigenvalue weighted by Gasteiger charge is -2.11. The van der Waals surface area contributed by atoms with Gasteiger partial charge < -0.3 is 10.1 Å². The maximum absolute atomic E-state index is 12.7. The van der Waals surface area contributed by atoms with Crippen molar-refractivity contribution in [2.45, 2.75) is 6.18 Å². The lowest BCUT2D eigenvalue weighted by atomic mass is 10.3. The van der Waals surface area contributed by atoms with Crippen LogP contribution in [0.3, 0.4) is 0 Å². The summed E-state index contributed by atoms with van der Waals surface area (Å²) in [4.78, 5) is 6.86. The summed E-state index contributed by atoms with van der Waals surface area (Å²) in [5.41, 5.74) is -0.619. The minimum absolute atomic E-state index is 0.0632. The molecule has 112 valence electrons. The Morgan fingerprint density at radius 1 is 1.24 bits per heavy atom. The molecule has 2 aromatic rings. The number of nitrogens with zero attached hydrogens (tertiary/aromatic N) is 2. The van der Waals surface area contributed by atoms with Crippen LogP contribution in [-0.2, 0) is 6.18 Å². The van der Waals surface area contributed by atoms with Gasteiger partial charge in [0.05, 0.1) is 11.6 Å². The summed E-state index contributed by atoms with van der Waals surface area (Å²) in [6, 6.07) is 5.72. The zero-order valence-electron chi connectivity index (χ0n) is 10.5. The number of alkyl halides is 3. The number of aromatic nitrogens is 2. The highest BCUT2D eigenvalue weighted by Gasteiger charge is 2.33. The number of halogens is 5. The molecular weight excluding hydrogens is 375 g/mol. The molecule has 1 aromatic heterocycles. The van der Waals surface area contributed by atoms with Gasteiger partial charge in [-0.15, -0.1) is 0 Å². The van der Waals surface area contributed by atoms with Crippen molar-refractivity contribution < 1.29 is 17.9 Å². The molecular formula is C12H8BrClF3N3O. The van der Waals surface area contributed by atoms with Crippen LogP contribution in [0.5, 0.6) is 5.75 Å². The van der Waals surface area contributed by atoms with Gasteiger partial charge in [0.25, 0.3) is 0 Å². The Morgan fingerprint density at radius 2 is 1.95 bits per heavy atom. The van der Waals surface area contributed by atoms with Gasteiger partial charge in [0.1, 0.15) is 11.6 Å². The summed E-state index contributed by atoms with van der Waals surface area (Å²) >= 11 is 8.79. The van der Waals surface area contributed by atoms with Crippen LogP contribution >= 0.6 is 27.5 Å². The average Bonchev–Trinajstić information content (AvgIpc) is 2.39. The topological polar surface area (TPSA) is 47.0 Å². The number of benzene rings is 1. The van der Waals surface area contributed by atoms with Crippen LogP contribution in [0.4, 0.5) is 24.7 Å². The molecule has 0 spiro atoms. The first-order chi connectivity index (χ1) is 9.79. The van der Waals surface area contributed by atoms with Crippen LogP contribution in [0.25, 0.3) is 0 Å². The Kier molecular flexibility index (Phi) is 4.58. The van der Waals surface area contributed by atoms with Crippen LogP contribution in [0.2, 0.25) is 5.28 Å². The second-order valence-corrected chi connectivity index (χ2v) is 5.07. The zero-order chi connectivity index (χ0) is 15.6. The summed E-state index contributed by atoms with van der Waals surface area (Å²) in [6.07, 6.45) is -4.60. The fraction of sp³-hybridized carbons (Fsp3) is 0.167. The predicted molar refractivity (Wildman–Crippen MR) is 76.0 cm³/mol.